The minimum absolute atomic E-state index is 0. The molecule has 0 heterocycles. The Labute approximate surface area is 116 Å². The monoisotopic (exact) mass is 298 g/mol. The van der Waals surface area contributed by atoms with Crippen LogP contribution in [0.5, 0.6) is 0 Å². The van der Waals surface area contributed by atoms with Crippen LogP contribution in [0.15, 0.2) is 0 Å². The van der Waals surface area contributed by atoms with Crippen molar-refractivity contribution in [3.63, 3.8) is 0 Å². The van der Waals surface area contributed by atoms with E-state index >= 15 is 0 Å². The number of rotatable bonds is 0. The molecule has 0 fully saturated rings. The molecule has 0 saturated heterocycles. The summed E-state index contributed by atoms with van der Waals surface area (Å²) in [4.78, 5) is 28.6. The van der Waals surface area contributed by atoms with Crippen LogP contribution in [-0.2, 0) is 16.5 Å². The van der Waals surface area contributed by atoms with Crippen molar-refractivity contribution in [2.24, 2.45) is 0 Å². The van der Waals surface area contributed by atoms with Crippen LogP contribution in [0.4, 0.5) is 0 Å². The topological polar surface area (TPSA) is 195 Å². The van der Waals surface area contributed by atoms with Crippen LogP contribution in [0, 0.1) is 0 Å². The van der Waals surface area contributed by atoms with Crippen LogP contribution in [0.3, 0.4) is 0 Å². The minimum atomic E-state index is -3.13. The molecule has 0 saturated carbocycles. The van der Waals surface area contributed by atoms with Gasteiger partial charge in [-0.1, -0.05) is 0 Å². The van der Waals surface area contributed by atoms with Gasteiger partial charge < -0.3 is 19.2 Å². The van der Waals surface area contributed by atoms with Gasteiger partial charge in [-0.25, -0.2) is 0 Å². The van der Waals surface area contributed by atoms with E-state index in [2.05, 4.69) is 0 Å². The maximum atomic E-state index is 8.74. The normalized spacial score (nSPS) is 4.27. The van der Waals surface area contributed by atoms with E-state index < -0.39 is 49.3 Å². The van der Waals surface area contributed by atoms with Crippen LogP contribution in [-0.4, -0.2) is 91.6 Å². The number of hydrogen-bond acceptors (Lipinski definition) is 6. The van der Waals surface area contributed by atoms with E-state index in [4.69, 9.17) is 44.0 Å². The molecule has 0 atom stereocenters. The van der Waals surface area contributed by atoms with Gasteiger partial charge in [0.15, 0.2) is 0 Å². The molecule has 0 amide bonds. The summed E-state index contributed by atoms with van der Waals surface area (Å²) in [5.74, 6) is 0. The first kappa shape index (κ1) is 29.5. The molecule has 0 unspecified atom stereocenters. The molecule has 15 heavy (non-hydrogen) atoms. The average molecular weight is 298 g/mol. The maximum absolute atomic E-state index is 8.74. The van der Waals surface area contributed by atoms with E-state index in [0.29, 0.717) is 0 Å². The molecule has 15 heteroatoms. The second-order valence-electron chi connectivity index (χ2n) is 0.758. The van der Waals surface area contributed by atoms with Gasteiger partial charge in [-0.2, -0.15) is 0 Å². The summed E-state index contributed by atoms with van der Waals surface area (Å²) in [6.45, 7) is 0. The van der Waals surface area contributed by atoms with E-state index in [1.54, 1.807) is 0 Å². The Morgan fingerprint density at radius 2 is 0.800 bits per heavy atom. The Morgan fingerprint density at radius 1 is 0.800 bits per heavy atom. The van der Waals surface area contributed by atoms with Crippen molar-refractivity contribution in [2.75, 3.05) is 0 Å². The van der Waals surface area contributed by atoms with Crippen LogP contribution in [0.25, 0.3) is 0 Å². The summed E-state index contributed by atoms with van der Waals surface area (Å²) in [6.07, 6.45) is 0. The summed E-state index contributed by atoms with van der Waals surface area (Å²) < 4.78 is 51.3. The third-order valence-corrected chi connectivity index (χ3v) is 0. The third kappa shape index (κ3) is 30600. The van der Waals surface area contributed by atoms with E-state index in [9.17, 15) is 0 Å². The average Bonchev–Trinajstić information content (AvgIpc) is 1.85. The van der Waals surface area contributed by atoms with Gasteiger partial charge in [0, 0.05) is 0 Å². The molecule has 4 N–H and O–H groups in total. The zero-order valence-electron chi connectivity index (χ0n) is 7.10. The Morgan fingerprint density at radius 3 is 0.800 bits per heavy atom. The summed E-state index contributed by atoms with van der Waals surface area (Å²) in [7, 11) is -6.26. The van der Waals surface area contributed by atoms with E-state index in [0.717, 1.165) is 0 Å². The van der Waals surface area contributed by atoms with Crippen LogP contribution < -0.4 is 8.32 Å². The molecular formula is H4Al2MgO10Si2. The Kier molecular flexibility index (Phi) is 72.2. The van der Waals surface area contributed by atoms with Crippen molar-refractivity contribution in [1.29, 1.82) is 0 Å². The van der Waals surface area contributed by atoms with Crippen molar-refractivity contribution in [3.05, 3.63) is 0 Å². The van der Waals surface area contributed by atoms with E-state index in [1.807, 2.05) is 0 Å². The molecule has 0 aliphatic carbocycles. The molecule has 0 aromatic rings. The van der Waals surface area contributed by atoms with Crippen LogP contribution in [0.1, 0.15) is 0 Å². The third-order valence-electron chi connectivity index (χ3n) is 0. The molecule has 0 spiro atoms. The van der Waals surface area contributed by atoms with Crippen molar-refractivity contribution >= 4 is 72.4 Å². The predicted molar refractivity (Wildman–Crippen MR) is 40.4 cm³/mol. The Balaban J connectivity index is -0.0000000293. The molecule has 0 aliphatic rings. The van der Waals surface area contributed by atoms with Gasteiger partial charge in [-0.15, -0.1) is 0 Å². The summed E-state index contributed by atoms with van der Waals surface area (Å²) >= 11 is -3.50. The SMILES string of the molecule is O=[Si](O)O.O=[Si](O)O.[Mg+2].[O]=[Al][O-].[O]=[Al][O-]. The molecule has 0 aromatic heterocycles. The van der Waals surface area contributed by atoms with Crippen molar-refractivity contribution in [2.45, 2.75) is 0 Å². The van der Waals surface area contributed by atoms with Gasteiger partial charge in [0.2, 0.25) is 0 Å². The fourth-order valence-electron chi connectivity index (χ4n) is 0. The van der Waals surface area contributed by atoms with Gasteiger partial charge in [0.1, 0.15) is 0 Å². The summed E-state index contributed by atoms with van der Waals surface area (Å²) in [5.41, 5.74) is 0. The second kappa shape index (κ2) is 36.7. The van der Waals surface area contributed by atoms with Crippen molar-refractivity contribution in [3.8, 4) is 0 Å². The molecule has 0 bridgehead atoms. The number of hydrogen-bond donors (Lipinski definition) is 4. The fraction of sp³-hybridized carbons (Fsp3) is 0. The molecule has 0 aromatic carbocycles. The Hall–Kier alpha value is 0.265. The van der Waals surface area contributed by atoms with E-state index in [1.165, 1.54) is 0 Å². The zero-order chi connectivity index (χ0) is 12.6. The molecule has 0 rings (SSSR count). The summed E-state index contributed by atoms with van der Waals surface area (Å²) in [5, 5.41) is 0. The van der Waals surface area contributed by atoms with Gasteiger partial charge in [-0.3, -0.25) is 8.92 Å². The zero-order valence-corrected chi connectivity index (χ0v) is 12.8. The van der Waals surface area contributed by atoms with Gasteiger partial charge >= 0.3 is 88.3 Å². The van der Waals surface area contributed by atoms with Gasteiger partial charge in [0.05, 0.1) is 0 Å². The van der Waals surface area contributed by atoms with Crippen LogP contribution in [0.2, 0.25) is 0 Å². The molecule has 80 valence electrons. The fourth-order valence-corrected chi connectivity index (χ4v) is 0. The first-order valence-corrected chi connectivity index (χ1v) is 6.74. The molecule has 10 nitrogen and oxygen atoms in total. The Bertz CT molecular complexity index is 134. The van der Waals surface area contributed by atoms with Gasteiger partial charge in [-0.05, 0) is 0 Å². The first-order valence-electron chi connectivity index (χ1n) is 2.25. The van der Waals surface area contributed by atoms with Gasteiger partial charge in [0.25, 0.3) is 0 Å². The second-order valence-corrected chi connectivity index (χ2v) is 2.27. The van der Waals surface area contributed by atoms with Crippen molar-refractivity contribution in [1.82, 2.24) is 0 Å². The standard InChI is InChI=1S/2Al.Mg.2H2O3Si.4O/c;;;2*1-4(2)3;;;;/h;;;2*1-2H;;;;/q;;+2;;;;;2*-1. The van der Waals surface area contributed by atoms with E-state index in [-0.39, 0.29) is 23.1 Å². The molecular weight excluding hydrogens is 294 g/mol. The first-order chi connectivity index (χ1) is 6.29. The molecule has 0 radical (unpaired) electrons. The molecule has 0 aliphatic heterocycles. The predicted octanol–water partition coefficient (Wildman–Crippen LogP) is -6.99. The van der Waals surface area contributed by atoms with Crippen LogP contribution >= 0.6 is 0 Å². The quantitative estimate of drug-likeness (QED) is 0.312. The van der Waals surface area contributed by atoms with Crippen molar-refractivity contribution < 1.29 is 44.0 Å². The summed E-state index contributed by atoms with van der Waals surface area (Å²) in [6, 6.07) is 0.